The molecule has 5 amide bonds. The molecule has 16 heteroatoms. The van der Waals surface area contributed by atoms with Gasteiger partial charge in [0, 0.05) is 6.42 Å². The highest BCUT2D eigenvalue weighted by molar-refractivity contribution is 5.94. The number of aliphatic hydroxyl groups is 1. The number of aromatic hydroxyl groups is 2. The molecule has 0 spiro atoms. The lowest BCUT2D eigenvalue weighted by atomic mass is 10.0. The molecule has 47 heavy (non-hydrogen) atoms. The molecule has 0 aliphatic carbocycles. The van der Waals surface area contributed by atoms with Gasteiger partial charge >= 0.3 is 5.97 Å². The van der Waals surface area contributed by atoms with Crippen LogP contribution in [0.5, 0.6) is 11.5 Å². The number of carbonyl (C=O) groups excluding carboxylic acids is 5. The molecule has 0 radical (unpaired) electrons. The number of rotatable bonds is 18. The summed E-state index contributed by atoms with van der Waals surface area (Å²) in [6.07, 6.45) is 0.286. The number of nitrogens with two attached hydrogens (primary N) is 1. The molecule has 0 saturated heterocycles. The number of phenols is 2. The highest BCUT2D eigenvalue weighted by Gasteiger charge is 2.27. The first-order valence-electron chi connectivity index (χ1n) is 14.8. The van der Waals surface area contributed by atoms with E-state index < -0.39 is 79.4 Å². The Morgan fingerprint density at radius 1 is 0.660 bits per heavy atom. The minimum atomic E-state index is -1.50. The first kappa shape index (κ1) is 38.0. The number of hydrogen-bond acceptors (Lipinski definition) is 10. The Morgan fingerprint density at radius 3 is 1.55 bits per heavy atom. The van der Waals surface area contributed by atoms with Gasteiger partial charge in [-0.05, 0) is 54.2 Å². The fourth-order valence-electron chi connectivity index (χ4n) is 4.29. The van der Waals surface area contributed by atoms with Crippen molar-refractivity contribution in [2.75, 3.05) is 19.7 Å². The van der Waals surface area contributed by atoms with Crippen LogP contribution in [0.25, 0.3) is 0 Å². The highest BCUT2D eigenvalue weighted by Crippen LogP contribution is 2.13. The number of nitrogens with one attached hydrogen (secondary N) is 5. The molecule has 2 aromatic carbocycles. The third-order valence-corrected chi connectivity index (χ3v) is 6.76. The Hall–Kier alpha value is -5.22. The number of benzene rings is 2. The molecular formula is C31H42N6O10. The maximum absolute atomic E-state index is 12.9. The minimum absolute atomic E-state index is 0.0106. The molecule has 0 heterocycles. The van der Waals surface area contributed by atoms with Crippen molar-refractivity contribution in [2.45, 2.75) is 57.3 Å². The normalized spacial score (nSPS) is 13.4. The highest BCUT2D eigenvalue weighted by atomic mass is 16.4. The zero-order chi connectivity index (χ0) is 35.1. The van der Waals surface area contributed by atoms with Crippen LogP contribution in [0.4, 0.5) is 0 Å². The molecular weight excluding hydrogens is 616 g/mol. The van der Waals surface area contributed by atoms with E-state index in [1.165, 1.54) is 36.4 Å². The summed E-state index contributed by atoms with van der Waals surface area (Å²) in [7, 11) is 0. The van der Waals surface area contributed by atoms with E-state index in [-0.39, 0.29) is 36.7 Å². The first-order chi connectivity index (χ1) is 22.2. The van der Waals surface area contributed by atoms with Gasteiger partial charge in [0.2, 0.25) is 29.5 Å². The Kier molecular flexibility index (Phi) is 15.1. The second-order valence-corrected chi connectivity index (χ2v) is 11.2. The van der Waals surface area contributed by atoms with Crippen molar-refractivity contribution in [1.29, 1.82) is 0 Å². The summed E-state index contributed by atoms with van der Waals surface area (Å²) < 4.78 is 0. The maximum Gasteiger partial charge on any atom is 0.326 e. The van der Waals surface area contributed by atoms with Crippen molar-refractivity contribution in [2.24, 2.45) is 11.7 Å². The molecule has 0 saturated carbocycles. The quantitative estimate of drug-likeness (QED) is 0.0838. The lowest BCUT2D eigenvalue weighted by molar-refractivity contribution is -0.141. The number of aliphatic carboxylic acids is 1. The first-order valence-corrected chi connectivity index (χ1v) is 14.8. The molecule has 0 aromatic heterocycles. The Bertz CT molecular complexity index is 1380. The van der Waals surface area contributed by atoms with Gasteiger partial charge in [-0.1, -0.05) is 38.1 Å². The van der Waals surface area contributed by atoms with E-state index in [1.54, 1.807) is 12.1 Å². The SMILES string of the molecule is CC(C)C[C@H](NC(=O)[C@@H](N)Cc1ccc(O)cc1)C(=O)NCC(=O)N[C@@H](CO)C(=O)NCC(=O)N[C@@H](Cc1ccc(O)cc1)C(=O)O. The summed E-state index contributed by atoms with van der Waals surface area (Å²) in [5, 5.41) is 49.5. The molecule has 0 unspecified atom stereocenters. The molecule has 2 rings (SSSR count). The largest absolute Gasteiger partial charge is 0.508 e. The summed E-state index contributed by atoms with van der Waals surface area (Å²) in [4.78, 5) is 74.5. The van der Waals surface area contributed by atoms with Crippen LogP contribution in [0.15, 0.2) is 48.5 Å². The van der Waals surface area contributed by atoms with Gasteiger partial charge < -0.3 is 52.7 Å². The molecule has 0 aliphatic rings. The Balaban J connectivity index is 1.85. The second-order valence-electron chi connectivity index (χ2n) is 11.2. The average Bonchev–Trinajstić information content (AvgIpc) is 3.02. The standard InChI is InChI=1S/C31H42N6O10/c1-17(2)11-23(37-28(43)22(32)12-18-3-7-20(39)8-4-18)29(44)33-15-27(42)36-25(16-38)30(45)34-14-26(41)35-24(31(46)47)13-19-5-9-21(40)10-6-19/h3-10,17,22-25,38-40H,11-16,32H2,1-2H3,(H,33,44)(H,34,45)(H,35,41)(H,36,42)(H,37,43)(H,46,47)/t22-,23-,24-,25-/m0/s1. The van der Waals surface area contributed by atoms with Crippen LogP contribution in [0.3, 0.4) is 0 Å². The van der Waals surface area contributed by atoms with Crippen LogP contribution in [0, 0.1) is 5.92 Å². The van der Waals surface area contributed by atoms with Gasteiger partial charge in [0.05, 0.1) is 25.7 Å². The van der Waals surface area contributed by atoms with E-state index in [0.717, 1.165) is 0 Å². The zero-order valence-corrected chi connectivity index (χ0v) is 26.1. The summed E-state index contributed by atoms with van der Waals surface area (Å²) >= 11 is 0. The monoisotopic (exact) mass is 658 g/mol. The van der Waals surface area contributed by atoms with Crippen LogP contribution in [0.2, 0.25) is 0 Å². The zero-order valence-electron chi connectivity index (χ0n) is 26.1. The Morgan fingerprint density at radius 2 is 1.11 bits per heavy atom. The number of aliphatic hydroxyl groups excluding tert-OH is 1. The molecule has 0 fully saturated rings. The van der Waals surface area contributed by atoms with Crippen LogP contribution in [-0.4, -0.2) is 99.8 Å². The molecule has 256 valence electrons. The van der Waals surface area contributed by atoms with Gasteiger partial charge in [-0.25, -0.2) is 4.79 Å². The van der Waals surface area contributed by atoms with Crippen LogP contribution >= 0.6 is 0 Å². The van der Waals surface area contributed by atoms with E-state index in [0.29, 0.717) is 11.1 Å². The third-order valence-electron chi connectivity index (χ3n) is 6.76. The van der Waals surface area contributed by atoms with Crippen molar-refractivity contribution in [1.82, 2.24) is 26.6 Å². The van der Waals surface area contributed by atoms with Gasteiger partial charge in [0.15, 0.2) is 0 Å². The molecule has 0 aliphatic heterocycles. The molecule has 11 N–H and O–H groups in total. The van der Waals surface area contributed by atoms with Crippen LogP contribution < -0.4 is 32.3 Å². The predicted molar refractivity (Wildman–Crippen MR) is 168 cm³/mol. The van der Waals surface area contributed by atoms with Crippen molar-refractivity contribution >= 4 is 35.5 Å². The van der Waals surface area contributed by atoms with E-state index in [4.69, 9.17) is 5.73 Å². The fraction of sp³-hybridized carbons (Fsp3) is 0.419. The van der Waals surface area contributed by atoms with Crippen molar-refractivity contribution < 1.29 is 49.2 Å². The van der Waals surface area contributed by atoms with Gasteiger partial charge in [-0.15, -0.1) is 0 Å². The third kappa shape index (κ3) is 13.8. The molecule has 4 atom stereocenters. The number of carboxylic acids is 1. The number of carbonyl (C=O) groups is 6. The van der Waals surface area contributed by atoms with Crippen molar-refractivity contribution in [3.63, 3.8) is 0 Å². The van der Waals surface area contributed by atoms with Gasteiger partial charge in [-0.3, -0.25) is 24.0 Å². The van der Waals surface area contributed by atoms with Gasteiger partial charge in [-0.2, -0.15) is 0 Å². The van der Waals surface area contributed by atoms with Gasteiger partial charge in [0.1, 0.15) is 29.6 Å². The number of hydrogen-bond donors (Lipinski definition) is 10. The van der Waals surface area contributed by atoms with Crippen LogP contribution in [-0.2, 0) is 41.6 Å². The van der Waals surface area contributed by atoms with E-state index in [2.05, 4.69) is 26.6 Å². The molecule has 16 nitrogen and oxygen atoms in total. The number of carboxylic acid groups (broad SMARTS) is 1. The fourth-order valence-corrected chi connectivity index (χ4v) is 4.29. The number of amides is 5. The smallest absolute Gasteiger partial charge is 0.326 e. The molecule has 2 aromatic rings. The summed E-state index contributed by atoms with van der Waals surface area (Å²) in [6, 6.07) is 7.02. The summed E-state index contributed by atoms with van der Waals surface area (Å²) in [5.74, 6) is -5.22. The summed E-state index contributed by atoms with van der Waals surface area (Å²) in [6.45, 7) is 1.55. The maximum atomic E-state index is 12.9. The van der Waals surface area contributed by atoms with Gasteiger partial charge in [0.25, 0.3) is 0 Å². The van der Waals surface area contributed by atoms with E-state index in [9.17, 15) is 49.2 Å². The average molecular weight is 659 g/mol. The van der Waals surface area contributed by atoms with Crippen LogP contribution in [0.1, 0.15) is 31.4 Å². The predicted octanol–water partition coefficient (Wildman–Crippen LogP) is -1.98. The lowest BCUT2D eigenvalue weighted by Gasteiger charge is -2.22. The topological polar surface area (TPSA) is 270 Å². The summed E-state index contributed by atoms with van der Waals surface area (Å²) in [5.41, 5.74) is 7.24. The van der Waals surface area contributed by atoms with E-state index >= 15 is 0 Å². The second kappa shape index (κ2) is 18.7. The van der Waals surface area contributed by atoms with Crippen molar-refractivity contribution in [3.8, 4) is 11.5 Å². The van der Waals surface area contributed by atoms with Crippen molar-refractivity contribution in [3.05, 3.63) is 59.7 Å². The van der Waals surface area contributed by atoms with E-state index in [1.807, 2.05) is 13.8 Å². The number of phenolic OH excluding ortho intramolecular Hbond substituents is 2. The Labute approximate surface area is 271 Å². The lowest BCUT2D eigenvalue weighted by Crippen LogP contribution is -2.55. The minimum Gasteiger partial charge on any atom is -0.508 e. The molecule has 0 bridgehead atoms.